The van der Waals surface area contributed by atoms with Gasteiger partial charge in [0.05, 0.1) is 7.11 Å². The number of nitrogens with zero attached hydrogens (tertiary/aromatic N) is 2. The fourth-order valence-electron chi connectivity index (χ4n) is 1.36. The number of halogens is 1. The lowest BCUT2D eigenvalue weighted by atomic mass is 10.2. The van der Waals surface area contributed by atoms with Gasteiger partial charge in [-0.05, 0) is 33.6 Å². The maximum Gasteiger partial charge on any atom is 0.177 e. The van der Waals surface area contributed by atoms with Crippen LogP contribution in [0.25, 0.3) is 0 Å². The van der Waals surface area contributed by atoms with Gasteiger partial charge in [0.1, 0.15) is 5.75 Å². The standard InChI is InChI=1S/C11H11BrN2O/c1-15-10-4-2-9(3-5-10)8-14-7-6-13-11(14)12/h2-7H,8H2,1H3. The molecule has 0 spiro atoms. The second-order valence-electron chi connectivity index (χ2n) is 3.17. The Morgan fingerprint density at radius 2 is 2.07 bits per heavy atom. The van der Waals surface area contributed by atoms with E-state index in [9.17, 15) is 0 Å². The zero-order valence-corrected chi connectivity index (χ0v) is 9.94. The van der Waals surface area contributed by atoms with Crippen molar-refractivity contribution < 1.29 is 4.74 Å². The average Bonchev–Trinajstić information content (AvgIpc) is 2.66. The fraction of sp³-hybridized carbons (Fsp3) is 0.182. The second kappa shape index (κ2) is 4.49. The SMILES string of the molecule is COc1ccc(Cn2ccnc2Br)cc1. The minimum absolute atomic E-state index is 0.810. The summed E-state index contributed by atoms with van der Waals surface area (Å²) >= 11 is 3.38. The van der Waals surface area contributed by atoms with Crippen molar-refractivity contribution in [1.82, 2.24) is 9.55 Å². The maximum absolute atomic E-state index is 5.10. The highest BCUT2D eigenvalue weighted by Gasteiger charge is 1.99. The van der Waals surface area contributed by atoms with Crippen molar-refractivity contribution in [1.29, 1.82) is 0 Å². The molecule has 0 amide bonds. The van der Waals surface area contributed by atoms with Crippen LogP contribution in [-0.2, 0) is 6.54 Å². The number of benzene rings is 1. The molecule has 0 saturated carbocycles. The Morgan fingerprint density at radius 3 is 2.60 bits per heavy atom. The Hall–Kier alpha value is -1.29. The van der Waals surface area contributed by atoms with Gasteiger partial charge in [-0.15, -0.1) is 0 Å². The molecule has 2 rings (SSSR count). The molecule has 1 aromatic carbocycles. The Morgan fingerprint density at radius 1 is 1.33 bits per heavy atom. The maximum atomic E-state index is 5.10. The highest BCUT2D eigenvalue weighted by Crippen LogP contribution is 2.14. The van der Waals surface area contributed by atoms with Gasteiger partial charge in [0.15, 0.2) is 4.73 Å². The highest BCUT2D eigenvalue weighted by molar-refractivity contribution is 9.10. The van der Waals surface area contributed by atoms with E-state index in [1.165, 1.54) is 5.56 Å². The third kappa shape index (κ3) is 2.39. The van der Waals surface area contributed by atoms with Crippen LogP contribution in [0.2, 0.25) is 0 Å². The number of ether oxygens (including phenoxy) is 1. The zero-order chi connectivity index (χ0) is 10.7. The minimum atomic E-state index is 0.810. The molecule has 0 unspecified atom stereocenters. The molecule has 15 heavy (non-hydrogen) atoms. The lowest BCUT2D eigenvalue weighted by Crippen LogP contribution is -1.98. The first-order valence-corrected chi connectivity index (χ1v) is 5.38. The first-order valence-electron chi connectivity index (χ1n) is 4.59. The van der Waals surface area contributed by atoms with Gasteiger partial charge < -0.3 is 9.30 Å². The molecule has 0 aliphatic carbocycles. The molecule has 0 aliphatic heterocycles. The topological polar surface area (TPSA) is 27.1 Å². The van der Waals surface area contributed by atoms with E-state index in [0.29, 0.717) is 0 Å². The van der Waals surface area contributed by atoms with Gasteiger partial charge in [0, 0.05) is 18.9 Å². The molecule has 4 heteroatoms. The first kappa shape index (κ1) is 10.2. The molecule has 0 fully saturated rings. The summed E-state index contributed by atoms with van der Waals surface area (Å²) in [5, 5.41) is 0. The second-order valence-corrected chi connectivity index (χ2v) is 3.88. The largest absolute Gasteiger partial charge is 0.497 e. The molecule has 78 valence electrons. The van der Waals surface area contributed by atoms with E-state index in [1.54, 1.807) is 13.3 Å². The van der Waals surface area contributed by atoms with E-state index in [0.717, 1.165) is 17.0 Å². The van der Waals surface area contributed by atoms with Crippen molar-refractivity contribution in [3.05, 3.63) is 47.0 Å². The van der Waals surface area contributed by atoms with Crippen LogP contribution in [0, 0.1) is 0 Å². The Balaban J connectivity index is 2.14. The van der Waals surface area contributed by atoms with Gasteiger partial charge in [0.25, 0.3) is 0 Å². The number of rotatable bonds is 3. The molecular weight excluding hydrogens is 256 g/mol. The highest BCUT2D eigenvalue weighted by atomic mass is 79.9. The van der Waals surface area contributed by atoms with E-state index < -0.39 is 0 Å². The van der Waals surface area contributed by atoms with Crippen LogP contribution in [0.15, 0.2) is 41.4 Å². The van der Waals surface area contributed by atoms with E-state index in [-0.39, 0.29) is 0 Å². The Labute approximate surface area is 96.8 Å². The van der Waals surface area contributed by atoms with Crippen LogP contribution in [0.3, 0.4) is 0 Å². The summed E-state index contributed by atoms with van der Waals surface area (Å²) in [5.74, 6) is 0.878. The Kier molecular flexibility index (Phi) is 3.06. The molecule has 1 heterocycles. The normalized spacial score (nSPS) is 10.3. The quantitative estimate of drug-likeness (QED) is 0.854. The van der Waals surface area contributed by atoms with Gasteiger partial charge in [-0.2, -0.15) is 0 Å². The minimum Gasteiger partial charge on any atom is -0.497 e. The van der Waals surface area contributed by atoms with Crippen LogP contribution in [0.4, 0.5) is 0 Å². The predicted molar refractivity (Wildman–Crippen MR) is 62.0 cm³/mol. The van der Waals surface area contributed by atoms with E-state index >= 15 is 0 Å². The third-order valence-corrected chi connectivity index (χ3v) is 2.84. The van der Waals surface area contributed by atoms with E-state index in [2.05, 4.69) is 20.9 Å². The number of imidazole rings is 1. The lowest BCUT2D eigenvalue weighted by molar-refractivity contribution is 0.414. The molecule has 0 atom stereocenters. The smallest absolute Gasteiger partial charge is 0.177 e. The summed E-state index contributed by atoms with van der Waals surface area (Å²) in [5.41, 5.74) is 1.22. The van der Waals surface area contributed by atoms with Crippen molar-refractivity contribution in [2.75, 3.05) is 7.11 Å². The molecule has 0 aliphatic rings. The molecule has 0 saturated heterocycles. The molecule has 3 nitrogen and oxygen atoms in total. The molecular formula is C11H11BrN2O. The van der Waals surface area contributed by atoms with Crippen molar-refractivity contribution in [3.8, 4) is 5.75 Å². The van der Waals surface area contributed by atoms with Crippen molar-refractivity contribution in [3.63, 3.8) is 0 Å². The predicted octanol–water partition coefficient (Wildman–Crippen LogP) is 2.70. The van der Waals surface area contributed by atoms with E-state index in [1.807, 2.05) is 35.0 Å². The van der Waals surface area contributed by atoms with Gasteiger partial charge in [-0.1, -0.05) is 12.1 Å². The summed E-state index contributed by atoms with van der Waals surface area (Å²) in [6, 6.07) is 8.01. The lowest BCUT2D eigenvalue weighted by Gasteiger charge is -2.05. The summed E-state index contributed by atoms with van der Waals surface area (Å²) in [6.07, 6.45) is 3.71. The summed E-state index contributed by atoms with van der Waals surface area (Å²) < 4.78 is 7.97. The fourth-order valence-corrected chi connectivity index (χ4v) is 1.72. The molecule has 1 aromatic heterocycles. The van der Waals surface area contributed by atoms with Gasteiger partial charge >= 0.3 is 0 Å². The van der Waals surface area contributed by atoms with Gasteiger partial charge in [-0.25, -0.2) is 4.98 Å². The number of methoxy groups -OCH3 is 1. The monoisotopic (exact) mass is 266 g/mol. The Bertz CT molecular complexity index is 436. The van der Waals surface area contributed by atoms with Crippen LogP contribution >= 0.6 is 15.9 Å². The summed E-state index contributed by atoms with van der Waals surface area (Å²) in [4.78, 5) is 4.10. The molecule has 0 bridgehead atoms. The number of aromatic nitrogens is 2. The number of hydrogen-bond donors (Lipinski definition) is 0. The van der Waals surface area contributed by atoms with Crippen molar-refractivity contribution in [2.24, 2.45) is 0 Å². The van der Waals surface area contributed by atoms with E-state index in [4.69, 9.17) is 4.74 Å². The number of hydrogen-bond acceptors (Lipinski definition) is 2. The summed E-state index contributed by atoms with van der Waals surface area (Å²) in [7, 11) is 1.67. The molecule has 0 radical (unpaired) electrons. The van der Waals surface area contributed by atoms with Gasteiger partial charge in [-0.3, -0.25) is 0 Å². The van der Waals surface area contributed by atoms with Crippen LogP contribution in [-0.4, -0.2) is 16.7 Å². The van der Waals surface area contributed by atoms with Crippen molar-refractivity contribution in [2.45, 2.75) is 6.54 Å². The first-order chi connectivity index (χ1) is 7.29. The zero-order valence-electron chi connectivity index (χ0n) is 8.35. The van der Waals surface area contributed by atoms with Crippen LogP contribution < -0.4 is 4.74 Å². The molecule has 2 aromatic rings. The average molecular weight is 267 g/mol. The van der Waals surface area contributed by atoms with Crippen molar-refractivity contribution >= 4 is 15.9 Å². The molecule has 0 N–H and O–H groups in total. The van der Waals surface area contributed by atoms with Crippen LogP contribution in [0.5, 0.6) is 5.75 Å². The summed E-state index contributed by atoms with van der Waals surface area (Å²) in [6.45, 7) is 0.810. The van der Waals surface area contributed by atoms with Crippen LogP contribution in [0.1, 0.15) is 5.56 Å². The third-order valence-electron chi connectivity index (χ3n) is 2.18. The van der Waals surface area contributed by atoms with Gasteiger partial charge in [0.2, 0.25) is 0 Å².